The summed E-state index contributed by atoms with van der Waals surface area (Å²) in [5.41, 5.74) is 5.58. The van der Waals surface area contributed by atoms with Gasteiger partial charge in [-0.15, -0.1) is 0 Å². The summed E-state index contributed by atoms with van der Waals surface area (Å²) in [6, 6.07) is 7.57. The molecule has 160 valence electrons. The fourth-order valence-electron chi connectivity index (χ4n) is 3.88. The van der Waals surface area contributed by atoms with Crippen molar-refractivity contribution in [1.82, 2.24) is 15.3 Å². The van der Waals surface area contributed by atoms with Crippen LogP contribution in [0.2, 0.25) is 5.02 Å². The number of rotatable bonds is 6. The molecule has 0 bridgehead atoms. The van der Waals surface area contributed by atoms with Crippen molar-refractivity contribution in [2.45, 2.75) is 25.9 Å². The Kier molecular flexibility index (Phi) is 5.29. The minimum Gasteiger partial charge on any atom is -0.489 e. The maximum atomic E-state index is 12.8. The zero-order valence-electron chi connectivity index (χ0n) is 17.1. The van der Waals surface area contributed by atoms with Gasteiger partial charge in [0, 0.05) is 54.2 Å². The number of aromatic nitrogens is 2. The lowest BCUT2D eigenvalue weighted by Crippen LogP contribution is -2.32. The number of carbonyl (C=O) groups excluding carboxylic acids is 1. The Bertz CT molecular complexity index is 1140. The summed E-state index contributed by atoms with van der Waals surface area (Å²) >= 11 is 6.33. The first-order chi connectivity index (χ1) is 15.1. The van der Waals surface area contributed by atoms with Crippen LogP contribution in [0.25, 0.3) is 11.3 Å². The molecule has 8 heteroatoms. The average molecular weight is 439 g/mol. The van der Waals surface area contributed by atoms with E-state index in [0.29, 0.717) is 35.2 Å². The standard InChI is InChI=1S/C23H23ClN4O3/c1-13-16(24)3-2-4-17(13)27-22-20-18(6-9-26-23(20)29)28-21(22)15-5-8-25-11-19(15)31-12-14-7-10-30-14/h2-5,8,11,14,27-28H,6-7,9-10,12H2,1H3,(H,26,29)/t14-/m1/s1. The molecule has 2 aromatic heterocycles. The van der Waals surface area contributed by atoms with E-state index in [1.54, 1.807) is 12.4 Å². The van der Waals surface area contributed by atoms with Crippen LogP contribution in [0, 0.1) is 6.92 Å². The molecule has 3 N–H and O–H groups in total. The van der Waals surface area contributed by atoms with Crippen molar-refractivity contribution in [3.63, 3.8) is 0 Å². The quantitative estimate of drug-likeness (QED) is 0.535. The van der Waals surface area contributed by atoms with Crippen molar-refractivity contribution >= 4 is 28.9 Å². The first kappa shape index (κ1) is 19.9. The summed E-state index contributed by atoms with van der Waals surface area (Å²) in [5, 5.41) is 7.06. The molecule has 4 heterocycles. The maximum absolute atomic E-state index is 12.8. The zero-order chi connectivity index (χ0) is 21.4. The number of pyridine rings is 1. The van der Waals surface area contributed by atoms with Crippen LogP contribution < -0.4 is 15.4 Å². The molecule has 0 radical (unpaired) electrons. The summed E-state index contributed by atoms with van der Waals surface area (Å²) in [6.45, 7) is 3.79. The Hall–Kier alpha value is -3.03. The SMILES string of the molecule is Cc1c(Cl)cccc1Nc1c(-c2ccncc2OC[C@H]2CCO2)[nH]c2c1C(=O)NCC2. The second-order valence-electron chi connectivity index (χ2n) is 7.74. The number of hydrogen-bond donors (Lipinski definition) is 3. The van der Waals surface area contributed by atoms with Gasteiger partial charge in [-0.3, -0.25) is 9.78 Å². The molecule has 3 aromatic rings. The number of anilines is 2. The van der Waals surface area contributed by atoms with Gasteiger partial charge >= 0.3 is 0 Å². The Morgan fingerprint density at radius 1 is 1.35 bits per heavy atom. The third kappa shape index (κ3) is 3.75. The van der Waals surface area contributed by atoms with E-state index in [4.69, 9.17) is 21.1 Å². The molecule has 2 aliphatic rings. The van der Waals surface area contributed by atoms with Crippen LogP contribution in [0.3, 0.4) is 0 Å². The largest absolute Gasteiger partial charge is 0.489 e. The van der Waals surface area contributed by atoms with Crippen LogP contribution in [0.5, 0.6) is 5.75 Å². The number of nitrogens with zero attached hydrogens (tertiary/aromatic N) is 1. The molecule has 31 heavy (non-hydrogen) atoms. The molecule has 7 nitrogen and oxygen atoms in total. The van der Waals surface area contributed by atoms with Crippen LogP contribution >= 0.6 is 11.6 Å². The number of benzene rings is 1. The van der Waals surface area contributed by atoms with Gasteiger partial charge in [-0.25, -0.2) is 0 Å². The highest BCUT2D eigenvalue weighted by atomic mass is 35.5. The van der Waals surface area contributed by atoms with E-state index in [9.17, 15) is 4.79 Å². The van der Waals surface area contributed by atoms with Gasteiger partial charge in [0.15, 0.2) is 0 Å². The number of amides is 1. The lowest BCUT2D eigenvalue weighted by atomic mass is 10.0. The van der Waals surface area contributed by atoms with E-state index < -0.39 is 0 Å². The van der Waals surface area contributed by atoms with Gasteiger partial charge in [-0.1, -0.05) is 17.7 Å². The monoisotopic (exact) mass is 438 g/mol. The van der Waals surface area contributed by atoms with Gasteiger partial charge in [0.2, 0.25) is 0 Å². The van der Waals surface area contributed by atoms with E-state index >= 15 is 0 Å². The number of ether oxygens (including phenoxy) is 2. The Morgan fingerprint density at radius 3 is 3.03 bits per heavy atom. The fraction of sp³-hybridized carbons (Fsp3) is 0.304. The molecule has 5 rings (SSSR count). The lowest BCUT2D eigenvalue weighted by molar-refractivity contribution is -0.0720. The second-order valence-corrected chi connectivity index (χ2v) is 8.14. The molecule has 1 saturated heterocycles. The average Bonchev–Trinajstić information content (AvgIpc) is 3.10. The molecule has 2 aliphatic heterocycles. The summed E-state index contributed by atoms with van der Waals surface area (Å²) in [5.74, 6) is 0.535. The number of halogens is 1. The van der Waals surface area contributed by atoms with Crippen molar-refractivity contribution in [2.24, 2.45) is 0 Å². The molecule has 0 aliphatic carbocycles. The number of fused-ring (bicyclic) bond motifs is 1. The minimum absolute atomic E-state index is 0.106. The summed E-state index contributed by atoms with van der Waals surface area (Å²) < 4.78 is 11.5. The smallest absolute Gasteiger partial charge is 0.255 e. The highest BCUT2D eigenvalue weighted by molar-refractivity contribution is 6.31. The van der Waals surface area contributed by atoms with Crippen LogP contribution in [0.4, 0.5) is 11.4 Å². The lowest BCUT2D eigenvalue weighted by Gasteiger charge is -2.26. The normalized spacial score (nSPS) is 17.5. The Labute approximate surface area is 185 Å². The minimum atomic E-state index is -0.106. The predicted molar refractivity (Wildman–Crippen MR) is 119 cm³/mol. The van der Waals surface area contributed by atoms with Crippen molar-refractivity contribution in [3.8, 4) is 17.0 Å². The highest BCUT2D eigenvalue weighted by Gasteiger charge is 2.29. The first-order valence-corrected chi connectivity index (χ1v) is 10.7. The number of carbonyl (C=O) groups is 1. The zero-order valence-corrected chi connectivity index (χ0v) is 17.9. The topological polar surface area (TPSA) is 88.3 Å². The van der Waals surface area contributed by atoms with Crippen LogP contribution in [0.15, 0.2) is 36.7 Å². The first-order valence-electron chi connectivity index (χ1n) is 10.4. The van der Waals surface area contributed by atoms with Gasteiger partial charge in [-0.05, 0) is 30.7 Å². The molecule has 1 aromatic carbocycles. The number of H-pyrrole nitrogens is 1. The van der Waals surface area contributed by atoms with Gasteiger partial charge in [0.25, 0.3) is 5.91 Å². The molecule has 1 fully saturated rings. The van der Waals surface area contributed by atoms with Gasteiger partial charge in [0.05, 0.1) is 29.2 Å². The van der Waals surface area contributed by atoms with Crippen LogP contribution in [-0.2, 0) is 11.2 Å². The van der Waals surface area contributed by atoms with E-state index in [1.165, 1.54) is 0 Å². The highest BCUT2D eigenvalue weighted by Crippen LogP contribution is 2.41. The second kappa shape index (κ2) is 8.24. The Balaban J connectivity index is 1.59. The molecule has 0 unspecified atom stereocenters. The third-order valence-electron chi connectivity index (χ3n) is 5.76. The number of nitrogens with one attached hydrogen (secondary N) is 3. The molecular weight excluding hydrogens is 416 g/mol. The molecule has 1 amide bonds. The van der Waals surface area contributed by atoms with E-state index in [2.05, 4.69) is 20.6 Å². The summed E-state index contributed by atoms with van der Waals surface area (Å²) in [4.78, 5) is 20.5. The molecular formula is C23H23ClN4O3. The van der Waals surface area contributed by atoms with E-state index in [1.807, 2.05) is 31.2 Å². The van der Waals surface area contributed by atoms with E-state index in [-0.39, 0.29) is 12.0 Å². The summed E-state index contributed by atoms with van der Waals surface area (Å²) in [7, 11) is 0. The number of aromatic amines is 1. The van der Waals surface area contributed by atoms with Crippen molar-refractivity contribution in [3.05, 3.63) is 58.5 Å². The third-order valence-corrected chi connectivity index (χ3v) is 6.17. The van der Waals surface area contributed by atoms with Crippen molar-refractivity contribution in [1.29, 1.82) is 0 Å². The number of hydrogen-bond acceptors (Lipinski definition) is 5. The van der Waals surface area contributed by atoms with Crippen molar-refractivity contribution in [2.75, 3.05) is 25.1 Å². The van der Waals surface area contributed by atoms with E-state index in [0.717, 1.165) is 47.7 Å². The van der Waals surface area contributed by atoms with Crippen molar-refractivity contribution < 1.29 is 14.3 Å². The maximum Gasteiger partial charge on any atom is 0.255 e. The van der Waals surface area contributed by atoms with Gasteiger partial charge in [-0.2, -0.15) is 0 Å². The Morgan fingerprint density at radius 2 is 2.23 bits per heavy atom. The molecule has 0 saturated carbocycles. The fourth-order valence-corrected chi connectivity index (χ4v) is 4.06. The predicted octanol–water partition coefficient (Wildman–Crippen LogP) is 4.24. The van der Waals surface area contributed by atoms with Crippen LogP contribution in [0.1, 0.15) is 28.0 Å². The van der Waals surface area contributed by atoms with Gasteiger partial charge in [0.1, 0.15) is 12.4 Å². The molecule has 1 atom stereocenters. The summed E-state index contributed by atoms with van der Waals surface area (Å²) in [6.07, 6.45) is 5.25. The van der Waals surface area contributed by atoms with Crippen LogP contribution in [-0.4, -0.2) is 41.7 Å². The van der Waals surface area contributed by atoms with Gasteiger partial charge < -0.3 is 25.1 Å². The molecule has 0 spiro atoms.